The second-order valence-electron chi connectivity index (χ2n) is 7.72. The van der Waals surface area contributed by atoms with Gasteiger partial charge in [-0.2, -0.15) is 0 Å². The fourth-order valence-electron chi connectivity index (χ4n) is 3.96. The molecule has 1 fully saturated rings. The summed E-state index contributed by atoms with van der Waals surface area (Å²) in [5, 5.41) is 9.20. The first-order valence-electron chi connectivity index (χ1n) is 10.2. The van der Waals surface area contributed by atoms with Gasteiger partial charge in [0.15, 0.2) is 0 Å². The van der Waals surface area contributed by atoms with Gasteiger partial charge >= 0.3 is 5.97 Å². The number of rotatable bonds is 9. The highest BCUT2D eigenvalue weighted by Crippen LogP contribution is 2.36. The summed E-state index contributed by atoms with van der Waals surface area (Å²) in [6.07, 6.45) is 2.71. The van der Waals surface area contributed by atoms with Crippen LogP contribution in [0.25, 0.3) is 0 Å². The normalized spacial score (nSPS) is 15.7. The maximum Gasteiger partial charge on any atom is 0.304 e. The smallest absolute Gasteiger partial charge is 0.304 e. The van der Waals surface area contributed by atoms with Crippen molar-refractivity contribution in [1.82, 2.24) is 4.98 Å². The zero-order chi connectivity index (χ0) is 20.8. The minimum atomic E-state index is -0.805. The maximum atomic E-state index is 11.2. The van der Waals surface area contributed by atoms with Crippen molar-refractivity contribution < 1.29 is 19.4 Å². The summed E-state index contributed by atoms with van der Waals surface area (Å²) in [5.74, 6) is 0.134. The van der Waals surface area contributed by atoms with Crippen molar-refractivity contribution >= 4 is 5.97 Å². The molecule has 1 aromatic heterocycles. The average molecular weight is 403 g/mol. The molecule has 0 bridgehead atoms. The zero-order valence-corrected chi connectivity index (χ0v) is 16.7. The molecule has 0 spiro atoms. The minimum Gasteiger partial charge on any atom is -0.494 e. The van der Waals surface area contributed by atoms with Crippen molar-refractivity contribution in [1.29, 1.82) is 0 Å². The molecule has 4 rings (SSSR count). The average Bonchev–Trinajstić information content (AvgIpc) is 2.75. The van der Waals surface area contributed by atoms with Gasteiger partial charge in [-0.15, -0.1) is 0 Å². The van der Waals surface area contributed by atoms with Crippen LogP contribution in [0.5, 0.6) is 5.75 Å². The molecule has 2 heterocycles. The maximum absolute atomic E-state index is 11.2. The molecule has 5 heteroatoms. The first-order chi connectivity index (χ1) is 14.7. The number of hydrogen-bond donors (Lipinski definition) is 1. The Kier molecular flexibility index (Phi) is 6.10. The Morgan fingerprint density at radius 3 is 2.37 bits per heavy atom. The third-order valence-electron chi connectivity index (χ3n) is 5.64. The van der Waals surface area contributed by atoms with E-state index in [9.17, 15) is 9.90 Å². The van der Waals surface area contributed by atoms with Crippen LogP contribution in [0.4, 0.5) is 0 Å². The number of carbonyl (C=O) groups is 1. The molecule has 3 aromatic rings. The number of aromatic nitrogens is 1. The van der Waals surface area contributed by atoms with E-state index in [-0.39, 0.29) is 12.3 Å². The van der Waals surface area contributed by atoms with E-state index in [2.05, 4.69) is 23.2 Å². The van der Waals surface area contributed by atoms with Crippen LogP contribution in [-0.2, 0) is 14.9 Å². The molecule has 0 radical (unpaired) electrons. The summed E-state index contributed by atoms with van der Waals surface area (Å²) < 4.78 is 11.3. The molecule has 1 atom stereocenters. The Morgan fingerprint density at radius 2 is 1.77 bits per heavy atom. The van der Waals surface area contributed by atoms with E-state index in [1.807, 2.05) is 60.8 Å². The monoisotopic (exact) mass is 403 g/mol. The van der Waals surface area contributed by atoms with Gasteiger partial charge in [0, 0.05) is 17.8 Å². The van der Waals surface area contributed by atoms with Gasteiger partial charge in [0.25, 0.3) is 0 Å². The lowest BCUT2D eigenvalue weighted by Gasteiger charge is -2.40. The summed E-state index contributed by atoms with van der Waals surface area (Å²) in [6.45, 7) is 1.45. The Labute approximate surface area is 176 Å². The second-order valence-corrected chi connectivity index (χ2v) is 7.72. The van der Waals surface area contributed by atoms with E-state index in [0.717, 1.165) is 23.4 Å². The molecule has 2 aromatic carbocycles. The molecule has 0 amide bonds. The zero-order valence-electron chi connectivity index (χ0n) is 16.7. The molecule has 1 aliphatic rings. The van der Waals surface area contributed by atoms with Crippen molar-refractivity contribution in [3.8, 4) is 5.75 Å². The van der Waals surface area contributed by atoms with E-state index in [1.54, 1.807) is 0 Å². The highest BCUT2D eigenvalue weighted by molar-refractivity contribution is 5.69. The largest absolute Gasteiger partial charge is 0.494 e. The second kappa shape index (κ2) is 9.09. The van der Waals surface area contributed by atoms with Crippen LogP contribution in [0.2, 0.25) is 0 Å². The number of hydrogen-bond acceptors (Lipinski definition) is 4. The molecule has 1 aliphatic heterocycles. The van der Waals surface area contributed by atoms with Crippen molar-refractivity contribution in [3.63, 3.8) is 0 Å². The van der Waals surface area contributed by atoms with Crippen LogP contribution in [0.15, 0.2) is 79.0 Å². The van der Waals surface area contributed by atoms with Gasteiger partial charge in [-0.25, -0.2) is 0 Å². The topological polar surface area (TPSA) is 68.7 Å². The van der Waals surface area contributed by atoms with Gasteiger partial charge in [0.05, 0.1) is 31.7 Å². The van der Waals surface area contributed by atoms with E-state index in [4.69, 9.17) is 9.47 Å². The molecule has 1 unspecified atom stereocenters. The van der Waals surface area contributed by atoms with Crippen LogP contribution < -0.4 is 4.74 Å². The van der Waals surface area contributed by atoms with Gasteiger partial charge < -0.3 is 14.6 Å². The number of benzene rings is 2. The van der Waals surface area contributed by atoms with Crippen LogP contribution in [-0.4, -0.2) is 35.9 Å². The molecular weight excluding hydrogens is 378 g/mol. The van der Waals surface area contributed by atoms with Gasteiger partial charge in [-0.05, 0) is 41.8 Å². The predicted molar refractivity (Wildman–Crippen MR) is 114 cm³/mol. The Morgan fingerprint density at radius 1 is 1.03 bits per heavy atom. The molecular formula is C25H25NO4. The molecule has 1 saturated heterocycles. The van der Waals surface area contributed by atoms with Crippen molar-refractivity contribution in [2.24, 2.45) is 0 Å². The van der Waals surface area contributed by atoms with Crippen molar-refractivity contribution in [2.75, 3.05) is 19.8 Å². The summed E-state index contributed by atoms with van der Waals surface area (Å²) in [4.78, 5) is 15.7. The summed E-state index contributed by atoms with van der Waals surface area (Å²) in [5.41, 5.74) is 2.82. The van der Waals surface area contributed by atoms with Crippen LogP contribution in [0, 0.1) is 0 Å². The lowest BCUT2D eigenvalue weighted by molar-refractivity contribution is -0.145. The minimum absolute atomic E-state index is 0.0794. The van der Waals surface area contributed by atoms with E-state index in [1.165, 1.54) is 5.56 Å². The van der Waals surface area contributed by atoms with Gasteiger partial charge in [0.1, 0.15) is 5.75 Å². The number of aliphatic carboxylic acids is 1. The predicted octanol–water partition coefficient (Wildman–Crippen LogP) is 4.43. The number of nitrogens with zero attached hydrogens (tertiary/aromatic N) is 1. The fourth-order valence-corrected chi connectivity index (χ4v) is 3.96. The lowest BCUT2D eigenvalue weighted by atomic mass is 9.76. The Bertz CT molecular complexity index is 914. The summed E-state index contributed by atoms with van der Waals surface area (Å²) in [7, 11) is 0. The van der Waals surface area contributed by atoms with Crippen LogP contribution >= 0.6 is 0 Å². The molecule has 154 valence electrons. The summed E-state index contributed by atoms with van der Waals surface area (Å²) in [6, 6.07) is 24.1. The highest BCUT2D eigenvalue weighted by atomic mass is 16.5. The first kappa shape index (κ1) is 20.1. The molecule has 0 saturated carbocycles. The quantitative estimate of drug-likeness (QED) is 0.573. The van der Waals surface area contributed by atoms with Crippen LogP contribution in [0.3, 0.4) is 0 Å². The first-order valence-corrected chi connectivity index (χ1v) is 10.2. The van der Waals surface area contributed by atoms with E-state index < -0.39 is 11.4 Å². The van der Waals surface area contributed by atoms with Crippen molar-refractivity contribution in [3.05, 3.63) is 95.8 Å². The molecule has 30 heavy (non-hydrogen) atoms. The highest BCUT2D eigenvalue weighted by Gasteiger charge is 2.42. The number of ether oxygens (including phenoxy) is 2. The Balaban J connectivity index is 1.41. The molecule has 0 aliphatic carbocycles. The third kappa shape index (κ3) is 4.52. The lowest BCUT2D eigenvalue weighted by Crippen LogP contribution is -2.48. The van der Waals surface area contributed by atoms with Gasteiger partial charge in [0.2, 0.25) is 0 Å². The fraction of sp³-hybridized carbons (Fsp3) is 0.280. The van der Waals surface area contributed by atoms with E-state index >= 15 is 0 Å². The SMILES string of the molecule is O=C(O)CC1(c2ccc(OCCC(c3ccccc3)c3ccccn3)cc2)COC1. The third-order valence-corrected chi connectivity index (χ3v) is 5.64. The Hall–Kier alpha value is -3.18. The number of carboxylic acids is 1. The molecule has 5 nitrogen and oxygen atoms in total. The standard InChI is InChI=1S/C25H25NO4/c27-24(28)16-25(17-29-18-25)20-9-11-21(12-10-20)30-15-13-22(19-6-2-1-3-7-19)23-8-4-5-14-26-23/h1-12,14,22H,13,15-18H2,(H,27,28). The van der Waals surface area contributed by atoms with Gasteiger partial charge in [-0.1, -0.05) is 48.5 Å². The van der Waals surface area contributed by atoms with Crippen LogP contribution in [0.1, 0.15) is 35.6 Å². The number of carboxylic acid groups (broad SMARTS) is 1. The molecule has 1 N–H and O–H groups in total. The summed E-state index contributed by atoms with van der Waals surface area (Å²) >= 11 is 0. The van der Waals surface area contributed by atoms with Gasteiger partial charge in [-0.3, -0.25) is 9.78 Å². The number of pyridine rings is 1. The van der Waals surface area contributed by atoms with Crippen molar-refractivity contribution in [2.45, 2.75) is 24.2 Å². The van der Waals surface area contributed by atoms with E-state index in [0.29, 0.717) is 19.8 Å².